The maximum absolute atomic E-state index is 9.39. The molecule has 8 heteroatoms. The van der Waals surface area contributed by atoms with Gasteiger partial charge in [0, 0.05) is 10.0 Å². The number of nitriles is 1. The lowest BCUT2D eigenvalue weighted by Crippen LogP contribution is -2.07. The lowest BCUT2D eigenvalue weighted by Gasteiger charge is -2.15. The Labute approximate surface area is 156 Å². The van der Waals surface area contributed by atoms with Crippen LogP contribution < -0.4 is 16.2 Å². The van der Waals surface area contributed by atoms with Crippen molar-refractivity contribution in [2.24, 2.45) is 0 Å². The Morgan fingerprint density at radius 3 is 2.74 bits per heavy atom. The molecule has 0 radical (unpaired) electrons. The van der Waals surface area contributed by atoms with Crippen LogP contribution in [0.25, 0.3) is 11.3 Å². The SMILES string of the molecule is CCCCOc1c(I)cc(Br)cc1-c1nc(N)nc(N)c1C#N. The fourth-order valence-electron chi connectivity index (χ4n) is 2.00. The van der Waals surface area contributed by atoms with Gasteiger partial charge in [0.1, 0.15) is 23.2 Å². The zero-order valence-electron chi connectivity index (χ0n) is 12.4. The summed E-state index contributed by atoms with van der Waals surface area (Å²) in [6.07, 6.45) is 1.96. The zero-order valence-corrected chi connectivity index (χ0v) is 16.2. The highest BCUT2D eigenvalue weighted by Crippen LogP contribution is 2.38. The molecule has 0 atom stereocenters. The molecule has 6 nitrogen and oxygen atoms in total. The largest absolute Gasteiger partial charge is 0.492 e. The predicted molar refractivity (Wildman–Crippen MR) is 102 cm³/mol. The summed E-state index contributed by atoms with van der Waals surface area (Å²) in [6.45, 7) is 2.68. The van der Waals surface area contributed by atoms with Crippen molar-refractivity contribution in [3.8, 4) is 23.1 Å². The van der Waals surface area contributed by atoms with E-state index in [1.165, 1.54) is 0 Å². The fraction of sp³-hybridized carbons (Fsp3) is 0.267. The molecule has 0 saturated heterocycles. The number of nitrogen functional groups attached to an aromatic ring is 2. The number of nitrogens with zero attached hydrogens (tertiary/aromatic N) is 3. The van der Waals surface area contributed by atoms with E-state index in [1.807, 2.05) is 18.2 Å². The van der Waals surface area contributed by atoms with Crippen LogP contribution in [0.15, 0.2) is 16.6 Å². The summed E-state index contributed by atoms with van der Waals surface area (Å²) in [6, 6.07) is 5.82. The van der Waals surface area contributed by atoms with Crippen LogP contribution in [-0.4, -0.2) is 16.6 Å². The molecule has 23 heavy (non-hydrogen) atoms. The van der Waals surface area contributed by atoms with E-state index in [1.54, 1.807) is 0 Å². The van der Waals surface area contributed by atoms with E-state index in [0.29, 0.717) is 23.6 Å². The van der Waals surface area contributed by atoms with Crippen LogP contribution in [0.2, 0.25) is 0 Å². The van der Waals surface area contributed by atoms with Gasteiger partial charge in [-0.25, -0.2) is 4.98 Å². The number of unbranched alkanes of at least 4 members (excludes halogenated alkanes) is 1. The van der Waals surface area contributed by atoms with Crippen LogP contribution in [0.3, 0.4) is 0 Å². The average molecular weight is 488 g/mol. The predicted octanol–water partition coefficient (Wildman–Crippen LogP) is 3.73. The normalized spacial score (nSPS) is 10.3. The minimum atomic E-state index is 0.0194. The lowest BCUT2D eigenvalue weighted by atomic mass is 10.1. The molecule has 120 valence electrons. The first kappa shape index (κ1) is 17.7. The van der Waals surface area contributed by atoms with Gasteiger partial charge >= 0.3 is 0 Å². The van der Waals surface area contributed by atoms with Gasteiger partial charge in [-0.3, -0.25) is 0 Å². The van der Waals surface area contributed by atoms with Crippen molar-refractivity contribution in [3.05, 3.63) is 25.7 Å². The van der Waals surface area contributed by atoms with E-state index in [4.69, 9.17) is 16.2 Å². The first-order valence-electron chi connectivity index (χ1n) is 6.93. The van der Waals surface area contributed by atoms with Gasteiger partial charge in [0.2, 0.25) is 5.95 Å². The van der Waals surface area contributed by atoms with Crippen molar-refractivity contribution in [2.45, 2.75) is 19.8 Å². The molecule has 0 unspecified atom stereocenters. The maximum atomic E-state index is 9.39. The Kier molecular flexibility index (Phi) is 6.01. The molecule has 2 aromatic rings. The Balaban J connectivity index is 2.65. The van der Waals surface area contributed by atoms with Crippen molar-refractivity contribution in [2.75, 3.05) is 18.1 Å². The van der Waals surface area contributed by atoms with E-state index in [9.17, 15) is 5.26 Å². The number of aromatic nitrogens is 2. The van der Waals surface area contributed by atoms with Crippen molar-refractivity contribution < 1.29 is 4.74 Å². The van der Waals surface area contributed by atoms with Crippen LogP contribution in [-0.2, 0) is 0 Å². The number of hydrogen-bond donors (Lipinski definition) is 2. The molecule has 0 bridgehead atoms. The molecule has 0 saturated carbocycles. The highest BCUT2D eigenvalue weighted by molar-refractivity contribution is 14.1. The molecule has 2 rings (SSSR count). The van der Waals surface area contributed by atoms with E-state index in [0.717, 1.165) is 20.9 Å². The number of halogens is 2. The van der Waals surface area contributed by atoms with Crippen molar-refractivity contribution >= 4 is 50.3 Å². The van der Waals surface area contributed by atoms with Crippen LogP contribution in [0.5, 0.6) is 5.75 Å². The third kappa shape index (κ3) is 4.03. The summed E-state index contributed by atoms with van der Waals surface area (Å²) in [5, 5.41) is 9.39. The van der Waals surface area contributed by atoms with Gasteiger partial charge in [0.25, 0.3) is 0 Å². The van der Waals surface area contributed by atoms with Crippen LogP contribution >= 0.6 is 38.5 Å². The van der Waals surface area contributed by atoms with Gasteiger partial charge in [0.15, 0.2) is 0 Å². The topological polar surface area (TPSA) is 111 Å². The molecule has 1 heterocycles. The molecule has 0 amide bonds. The van der Waals surface area contributed by atoms with E-state index in [2.05, 4.69) is 55.4 Å². The second kappa shape index (κ2) is 7.79. The molecule has 0 spiro atoms. The standard InChI is InChI=1S/C15H15BrIN5O/c1-2-3-4-23-13-9(5-8(16)6-11(13)17)12-10(7-18)14(19)22-15(20)21-12/h5-6H,2-4H2,1H3,(H4,19,20,21,22). The number of nitrogens with two attached hydrogens (primary N) is 2. The minimum Gasteiger partial charge on any atom is -0.492 e. The second-order valence-corrected chi connectivity index (χ2v) is 6.85. The summed E-state index contributed by atoms with van der Waals surface area (Å²) in [5.74, 6) is 0.742. The molecule has 1 aromatic heterocycles. The van der Waals surface area contributed by atoms with E-state index < -0.39 is 0 Å². The molecule has 0 fully saturated rings. The Morgan fingerprint density at radius 2 is 2.09 bits per heavy atom. The monoisotopic (exact) mass is 487 g/mol. The lowest BCUT2D eigenvalue weighted by molar-refractivity contribution is 0.308. The Morgan fingerprint density at radius 1 is 1.35 bits per heavy atom. The first-order valence-corrected chi connectivity index (χ1v) is 8.80. The average Bonchev–Trinajstić information content (AvgIpc) is 2.48. The molecule has 4 N–H and O–H groups in total. The minimum absolute atomic E-state index is 0.0194. The molecular formula is C15H15BrIN5O. The van der Waals surface area contributed by atoms with E-state index in [-0.39, 0.29) is 17.3 Å². The number of rotatable bonds is 5. The van der Waals surface area contributed by atoms with Crippen molar-refractivity contribution in [1.29, 1.82) is 5.26 Å². The molecule has 0 aliphatic rings. The fourth-order valence-corrected chi connectivity index (χ4v) is 3.67. The van der Waals surface area contributed by atoms with Crippen molar-refractivity contribution in [3.63, 3.8) is 0 Å². The summed E-state index contributed by atoms with van der Waals surface area (Å²) in [7, 11) is 0. The smallest absolute Gasteiger partial charge is 0.222 e. The summed E-state index contributed by atoms with van der Waals surface area (Å²) in [5.41, 5.74) is 12.7. The van der Waals surface area contributed by atoms with E-state index >= 15 is 0 Å². The first-order chi connectivity index (χ1) is 11.0. The molecular weight excluding hydrogens is 473 g/mol. The van der Waals surface area contributed by atoms with Crippen LogP contribution in [0, 0.1) is 14.9 Å². The van der Waals surface area contributed by atoms with Crippen LogP contribution in [0.4, 0.5) is 11.8 Å². The van der Waals surface area contributed by atoms with Crippen molar-refractivity contribution in [1.82, 2.24) is 9.97 Å². The quantitative estimate of drug-likeness (QED) is 0.491. The second-order valence-electron chi connectivity index (χ2n) is 4.77. The molecule has 1 aromatic carbocycles. The number of anilines is 2. The van der Waals surface area contributed by atoms with Gasteiger partial charge in [-0.15, -0.1) is 0 Å². The third-order valence-corrected chi connectivity index (χ3v) is 4.33. The number of benzene rings is 1. The summed E-state index contributed by atoms with van der Waals surface area (Å²) < 4.78 is 7.67. The van der Waals surface area contributed by atoms with Crippen LogP contribution in [0.1, 0.15) is 25.3 Å². The van der Waals surface area contributed by atoms with Gasteiger partial charge < -0.3 is 16.2 Å². The van der Waals surface area contributed by atoms with Gasteiger partial charge in [-0.1, -0.05) is 29.3 Å². The molecule has 0 aliphatic carbocycles. The Bertz CT molecular complexity index is 775. The number of ether oxygens (including phenoxy) is 1. The highest BCUT2D eigenvalue weighted by Gasteiger charge is 2.19. The maximum Gasteiger partial charge on any atom is 0.222 e. The molecule has 0 aliphatic heterocycles. The van der Waals surface area contributed by atoms with Gasteiger partial charge in [-0.05, 0) is 41.1 Å². The third-order valence-electron chi connectivity index (χ3n) is 3.07. The highest BCUT2D eigenvalue weighted by atomic mass is 127. The van der Waals surface area contributed by atoms with Gasteiger partial charge in [0.05, 0.1) is 15.9 Å². The van der Waals surface area contributed by atoms with Gasteiger partial charge in [-0.2, -0.15) is 10.2 Å². The number of hydrogen-bond acceptors (Lipinski definition) is 6. The summed E-state index contributed by atoms with van der Waals surface area (Å²) >= 11 is 5.65. The Hall–Kier alpha value is -1.60. The zero-order chi connectivity index (χ0) is 17.0. The summed E-state index contributed by atoms with van der Waals surface area (Å²) in [4.78, 5) is 8.05.